The zero-order chi connectivity index (χ0) is 16.9. The predicted molar refractivity (Wildman–Crippen MR) is 85.8 cm³/mol. The monoisotopic (exact) mass is 320 g/mol. The minimum absolute atomic E-state index is 0.149. The maximum absolute atomic E-state index is 12.3. The average molecular weight is 320 g/mol. The van der Waals surface area contributed by atoms with Gasteiger partial charge in [0.05, 0.1) is 12.2 Å². The Morgan fingerprint density at radius 2 is 2.00 bits per heavy atom. The van der Waals surface area contributed by atoms with Gasteiger partial charge in [-0.05, 0) is 26.3 Å². The van der Waals surface area contributed by atoms with E-state index >= 15 is 0 Å². The molecule has 2 amide bonds. The molecule has 1 aromatic carbocycles. The van der Waals surface area contributed by atoms with Gasteiger partial charge < -0.3 is 14.8 Å². The smallest absolute Gasteiger partial charge is 0.410 e. The molecular formula is C17H24N2O4. The van der Waals surface area contributed by atoms with Gasteiger partial charge >= 0.3 is 6.09 Å². The fraction of sp³-hybridized carbons (Fsp3) is 0.529. The number of benzene rings is 1. The van der Waals surface area contributed by atoms with E-state index in [0.717, 1.165) is 5.56 Å². The van der Waals surface area contributed by atoms with Crippen molar-refractivity contribution >= 4 is 12.0 Å². The molecule has 1 atom stereocenters. The zero-order valence-electron chi connectivity index (χ0n) is 13.9. The summed E-state index contributed by atoms with van der Waals surface area (Å²) in [6, 6.07) is 8.79. The largest absolute Gasteiger partial charge is 0.445 e. The third kappa shape index (κ3) is 5.25. The summed E-state index contributed by atoms with van der Waals surface area (Å²) in [6.45, 7) is 6.90. The van der Waals surface area contributed by atoms with Crippen LogP contribution in [0.5, 0.6) is 0 Å². The summed E-state index contributed by atoms with van der Waals surface area (Å²) >= 11 is 0. The number of amides is 2. The van der Waals surface area contributed by atoms with Crippen LogP contribution < -0.4 is 5.32 Å². The summed E-state index contributed by atoms with van der Waals surface area (Å²) < 4.78 is 11.0. The standard InChI is InChI=1S/C17H24N2O4/c1-17(2,3)23-12-14-15(20)18-9-10-19(14)16(21)22-11-13-7-5-4-6-8-13/h4-8,14H,9-12H2,1-3H3,(H,18,20)/t14-/m1/s1. The minimum atomic E-state index is -0.661. The van der Waals surface area contributed by atoms with Gasteiger partial charge in [0, 0.05) is 13.1 Å². The van der Waals surface area contributed by atoms with Crippen LogP contribution in [0.2, 0.25) is 0 Å². The molecule has 0 unspecified atom stereocenters. The van der Waals surface area contributed by atoms with Crippen LogP contribution in [0, 0.1) is 0 Å². The van der Waals surface area contributed by atoms with Crippen molar-refractivity contribution in [1.82, 2.24) is 10.2 Å². The van der Waals surface area contributed by atoms with E-state index in [0.29, 0.717) is 13.1 Å². The van der Waals surface area contributed by atoms with Gasteiger partial charge in [0.25, 0.3) is 0 Å². The second-order valence-corrected chi connectivity index (χ2v) is 6.46. The van der Waals surface area contributed by atoms with Crippen molar-refractivity contribution in [2.45, 2.75) is 39.0 Å². The molecule has 2 rings (SSSR count). The van der Waals surface area contributed by atoms with Crippen LogP contribution in [0.25, 0.3) is 0 Å². The molecule has 0 bridgehead atoms. The molecule has 1 heterocycles. The van der Waals surface area contributed by atoms with E-state index in [1.54, 1.807) is 0 Å². The van der Waals surface area contributed by atoms with Crippen LogP contribution in [-0.2, 0) is 20.9 Å². The molecule has 1 N–H and O–H groups in total. The average Bonchev–Trinajstić information content (AvgIpc) is 2.51. The Hall–Kier alpha value is -2.08. The fourth-order valence-corrected chi connectivity index (χ4v) is 2.23. The molecule has 1 aliphatic rings. The number of rotatable bonds is 4. The minimum Gasteiger partial charge on any atom is -0.445 e. The normalized spacial score (nSPS) is 18.5. The molecule has 1 fully saturated rings. The van der Waals surface area contributed by atoms with Gasteiger partial charge in [-0.15, -0.1) is 0 Å². The van der Waals surface area contributed by atoms with Gasteiger partial charge in [-0.1, -0.05) is 30.3 Å². The van der Waals surface area contributed by atoms with Crippen LogP contribution in [0.4, 0.5) is 4.79 Å². The molecule has 0 spiro atoms. The van der Waals surface area contributed by atoms with E-state index in [4.69, 9.17) is 9.47 Å². The summed E-state index contributed by atoms with van der Waals surface area (Å²) in [4.78, 5) is 25.8. The molecule has 0 radical (unpaired) electrons. The molecule has 0 aliphatic carbocycles. The molecule has 0 aromatic heterocycles. The van der Waals surface area contributed by atoms with Gasteiger partial charge in [0.15, 0.2) is 0 Å². The first-order valence-electron chi connectivity index (χ1n) is 7.76. The van der Waals surface area contributed by atoms with E-state index in [1.807, 2.05) is 51.1 Å². The number of carbonyl (C=O) groups excluding carboxylic acids is 2. The SMILES string of the molecule is CC(C)(C)OC[C@@H]1C(=O)NCCN1C(=O)OCc1ccccc1. The highest BCUT2D eigenvalue weighted by molar-refractivity contribution is 5.86. The topological polar surface area (TPSA) is 67.9 Å². The van der Waals surface area contributed by atoms with Crippen LogP contribution in [0.1, 0.15) is 26.3 Å². The quantitative estimate of drug-likeness (QED) is 0.920. The van der Waals surface area contributed by atoms with Gasteiger partial charge in [-0.2, -0.15) is 0 Å². The Morgan fingerprint density at radius 1 is 1.30 bits per heavy atom. The molecule has 1 aromatic rings. The first-order chi connectivity index (χ1) is 10.9. The second-order valence-electron chi connectivity index (χ2n) is 6.46. The number of nitrogens with zero attached hydrogens (tertiary/aromatic N) is 1. The Labute approximate surface area is 136 Å². The highest BCUT2D eigenvalue weighted by Crippen LogP contribution is 2.14. The molecular weight excluding hydrogens is 296 g/mol. The van der Waals surface area contributed by atoms with Crippen LogP contribution in [0.15, 0.2) is 30.3 Å². The van der Waals surface area contributed by atoms with Crippen LogP contribution in [0.3, 0.4) is 0 Å². The van der Waals surface area contributed by atoms with Crippen molar-refractivity contribution < 1.29 is 19.1 Å². The Kier molecular flexibility index (Phi) is 5.60. The summed E-state index contributed by atoms with van der Waals surface area (Å²) in [7, 11) is 0. The Bertz CT molecular complexity index is 539. The summed E-state index contributed by atoms with van der Waals surface area (Å²) in [5.41, 5.74) is 0.530. The molecule has 6 heteroatoms. The number of piperazine rings is 1. The number of nitrogens with one attached hydrogen (secondary N) is 1. The first kappa shape index (κ1) is 17.3. The van der Waals surface area contributed by atoms with Crippen molar-refractivity contribution in [3.05, 3.63) is 35.9 Å². The van der Waals surface area contributed by atoms with Gasteiger partial charge in [-0.25, -0.2) is 4.79 Å². The number of ether oxygens (including phenoxy) is 2. The summed E-state index contributed by atoms with van der Waals surface area (Å²) in [5.74, 6) is -0.211. The predicted octanol–water partition coefficient (Wildman–Crippen LogP) is 1.94. The lowest BCUT2D eigenvalue weighted by Gasteiger charge is -2.35. The highest BCUT2D eigenvalue weighted by Gasteiger charge is 2.35. The molecule has 0 saturated carbocycles. The highest BCUT2D eigenvalue weighted by atomic mass is 16.6. The van der Waals surface area contributed by atoms with Crippen molar-refractivity contribution in [2.75, 3.05) is 19.7 Å². The van der Waals surface area contributed by atoms with Crippen molar-refractivity contribution in [3.8, 4) is 0 Å². The lowest BCUT2D eigenvalue weighted by molar-refractivity contribution is -0.133. The maximum Gasteiger partial charge on any atom is 0.410 e. The van der Waals surface area contributed by atoms with E-state index in [1.165, 1.54) is 4.90 Å². The van der Waals surface area contributed by atoms with E-state index < -0.39 is 12.1 Å². The van der Waals surface area contributed by atoms with E-state index in [2.05, 4.69) is 5.32 Å². The molecule has 1 saturated heterocycles. The third-order valence-electron chi connectivity index (χ3n) is 3.44. The van der Waals surface area contributed by atoms with Crippen molar-refractivity contribution in [2.24, 2.45) is 0 Å². The Morgan fingerprint density at radius 3 is 2.65 bits per heavy atom. The molecule has 126 valence electrons. The molecule has 1 aliphatic heterocycles. The molecule has 6 nitrogen and oxygen atoms in total. The zero-order valence-corrected chi connectivity index (χ0v) is 13.9. The van der Waals surface area contributed by atoms with Gasteiger partial charge in [0.1, 0.15) is 12.6 Å². The lowest BCUT2D eigenvalue weighted by Crippen LogP contribution is -2.59. The maximum atomic E-state index is 12.3. The van der Waals surface area contributed by atoms with E-state index in [9.17, 15) is 9.59 Å². The van der Waals surface area contributed by atoms with Gasteiger partial charge in [-0.3, -0.25) is 9.69 Å². The van der Waals surface area contributed by atoms with Crippen molar-refractivity contribution in [1.29, 1.82) is 0 Å². The summed E-state index contributed by atoms with van der Waals surface area (Å²) in [5, 5.41) is 2.76. The summed E-state index contributed by atoms with van der Waals surface area (Å²) in [6.07, 6.45) is -0.494. The molecule has 23 heavy (non-hydrogen) atoms. The van der Waals surface area contributed by atoms with Crippen LogP contribution >= 0.6 is 0 Å². The van der Waals surface area contributed by atoms with Crippen molar-refractivity contribution in [3.63, 3.8) is 0 Å². The van der Waals surface area contributed by atoms with E-state index in [-0.39, 0.29) is 24.7 Å². The number of carbonyl (C=O) groups is 2. The fourth-order valence-electron chi connectivity index (χ4n) is 2.23. The lowest BCUT2D eigenvalue weighted by atomic mass is 10.1. The van der Waals surface area contributed by atoms with Gasteiger partial charge in [0.2, 0.25) is 5.91 Å². The van der Waals surface area contributed by atoms with Crippen LogP contribution in [-0.4, -0.2) is 48.2 Å². The number of hydrogen-bond donors (Lipinski definition) is 1. The Balaban J connectivity index is 1.96. The second kappa shape index (κ2) is 7.46. The number of hydrogen-bond acceptors (Lipinski definition) is 4. The first-order valence-corrected chi connectivity index (χ1v) is 7.76. The third-order valence-corrected chi connectivity index (χ3v) is 3.44.